The minimum atomic E-state index is -1.51. The maximum atomic E-state index is 13.2. The first-order valence-electron chi connectivity index (χ1n) is 12.8. The maximum absolute atomic E-state index is 13.2. The lowest BCUT2D eigenvalue weighted by molar-refractivity contribution is -0.138. The number of hydrogen-bond donors (Lipinski definition) is 2. The zero-order valence-corrected chi connectivity index (χ0v) is 21.2. The third-order valence-electron chi connectivity index (χ3n) is 7.09. The normalized spacial score (nSPS) is 16.8. The van der Waals surface area contributed by atoms with Crippen molar-refractivity contribution < 1.29 is 27.9 Å². The number of amides is 4. The number of rotatable bonds is 5. The van der Waals surface area contributed by atoms with Gasteiger partial charge in [-0.15, -0.1) is 0 Å². The predicted octanol–water partition coefficient (Wildman–Crippen LogP) is 4.82. The average molecular weight is 542 g/mol. The van der Waals surface area contributed by atoms with E-state index in [0.717, 1.165) is 24.0 Å². The van der Waals surface area contributed by atoms with Gasteiger partial charge in [0, 0.05) is 23.7 Å². The first-order chi connectivity index (χ1) is 19.4. The fourth-order valence-electron chi connectivity index (χ4n) is 5.06. The van der Waals surface area contributed by atoms with Crippen LogP contribution in [0.2, 0.25) is 0 Å². The number of benzene rings is 2. The summed E-state index contributed by atoms with van der Waals surface area (Å²) in [6.07, 6.45) is 5.69. The Morgan fingerprint density at radius 1 is 0.875 bits per heavy atom. The molecule has 0 atom stereocenters. The molecule has 11 heteroatoms. The molecule has 1 spiro atoms. The van der Waals surface area contributed by atoms with Gasteiger partial charge in [0.2, 0.25) is 11.8 Å². The third-order valence-corrected chi connectivity index (χ3v) is 7.09. The Hall–Kier alpha value is -5.06. The summed E-state index contributed by atoms with van der Waals surface area (Å²) in [4.78, 5) is 48.2. The molecule has 202 valence electrons. The van der Waals surface area contributed by atoms with Crippen LogP contribution in [0.3, 0.4) is 0 Å². The molecule has 40 heavy (non-hydrogen) atoms. The molecule has 10 nitrogen and oxygen atoms in total. The van der Waals surface area contributed by atoms with E-state index in [4.69, 9.17) is 9.15 Å². The number of barbiturate groups is 1. The molecule has 0 saturated carbocycles. The lowest BCUT2D eigenvalue weighted by Crippen LogP contribution is -2.73. The van der Waals surface area contributed by atoms with Crippen LogP contribution in [0.5, 0.6) is 11.6 Å². The maximum Gasteiger partial charge on any atom is 0.328 e. The third kappa shape index (κ3) is 4.66. The number of nitrogens with zero attached hydrogens (tertiary/aromatic N) is 3. The van der Waals surface area contributed by atoms with E-state index in [1.54, 1.807) is 59.6 Å². The molecular formula is C29H24FN5O5. The van der Waals surface area contributed by atoms with Crippen LogP contribution >= 0.6 is 0 Å². The number of nitrogens with one attached hydrogen (secondary N) is 2. The van der Waals surface area contributed by atoms with E-state index in [-0.39, 0.29) is 5.82 Å². The van der Waals surface area contributed by atoms with Gasteiger partial charge >= 0.3 is 6.03 Å². The summed E-state index contributed by atoms with van der Waals surface area (Å²) in [6, 6.07) is 15.7. The summed E-state index contributed by atoms with van der Waals surface area (Å²) in [5.41, 5.74) is 1.14. The fourth-order valence-corrected chi connectivity index (χ4v) is 5.06. The molecule has 2 aliphatic rings. The van der Waals surface area contributed by atoms with E-state index < -0.39 is 23.4 Å². The number of halogens is 1. The van der Waals surface area contributed by atoms with Crippen molar-refractivity contribution in [2.24, 2.45) is 0 Å². The predicted molar refractivity (Wildman–Crippen MR) is 142 cm³/mol. The number of carbonyl (C=O) groups is 3. The van der Waals surface area contributed by atoms with Gasteiger partial charge in [0.25, 0.3) is 11.8 Å². The van der Waals surface area contributed by atoms with Crippen molar-refractivity contribution in [3.63, 3.8) is 0 Å². The smallest absolute Gasteiger partial charge is 0.328 e. The van der Waals surface area contributed by atoms with Crippen LogP contribution in [0.4, 0.5) is 14.9 Å². The van der Waals surface area contributed by atoms with Crippen molar-refractivity contribution in [2.75, 3.05) is 11.4 Å². The molecule has 6 rings (SSSR count). The zero-order valence-electron chi connectivity index (χ0n) is 21.2. The van der Waals surface area contributed by atoms with Crippen LogP contribution in [-0.2, 0) is 9.59 Å². The second kappa shape index (κ2) is 10.3. The van der Waals surface area contributed by atoms with Crippen LogP contribution < -0.4 is 20.3 Å². The highest BCUT2D eigenvalue weighted by atomic mass is 19.1. The molecule has 0 unspecified atom stereocenters. The second-order valence-electron chi connectivity index (χ2n) is 9.59. The number of oxazole rings is 1. The van der Waals surface area contributed by atoms with E-state index in [0.29, 0.717) is 48.3 Å². The minimum absolute atomic E-state index is 0.290. The van der Waals surface area contributed by atoms with E-state index in [2.05, 4.69) is 20.6 Å². The highest BCUT2D eigenvalue weighted by Gasteiger charge is 2.55. The van der Waals surface area contributed by atoms with Crippen LogP contribution in [0.1, 0.15) is 25.7 Å². The second-order valence-corrected chi connectivity index (χ2v) is 9.59. The quantitative estimate of drug-likeness (QED) is 0.345. The van der Waals surface area contributed by atoms with E-state index >= 15 is 0 Å². The van der Waals surface area contributed by atoms with Gasteiger partial charge in [-0.1, -0.05) is 6.42 Å². The largest absolute Gasteiger partial charge is 0.444 e. The highest BCUT2D eigenvalue weighted by Crippen LogP contribution is 2.35. The number of anilines is 1. The van der Waals surface area contributed by atoms with E-state index in [1.165, 1.54) is 18.4 Å². The Kier molecular flexibility index (Phi) is 6.47. The van der Waals surface area contributed by atoms with Gasteiger partial charge in [-0.2, -0.15) is 0 Å². The van der Waals surface area contributed by atoms with Crippen LogP contribution in [0, 0.1) is 5.82 Å². The van der Waals surface area contributed by atoms with Gasteiger partial charge in [-0.25, -0.2) is 19.2 Å². The number of urea groups is 1. The summed E-state index contributed by atoms with van der Waals surface area (Å²) in [6.45, 7) is 0.460. The molecule has 2 N–H and O–H groups in total. The average Bonchev–Trinajstić information content (AvgIpc) is 3.33. The number of pyridine rings is 1. The zero-order chi connectivity index (χ0) is 27.7. The minimum Gasteiger partial charge on any atom is -0.444 e. The van der Waals surface area contributed by atoms with Crippen LogP contribution in [0.25, 0.3) is 22.7 Å². The molecule has 0 radical (unpaired) electrons. The van der Waals surface area contributed by atoms with E-state index in [9.17, 15) is 18.8 Å². The van der Waals surface area contributed by atoms with Crippen molar-refractivity contribution in [1.82, 2.24) is 20.6 Å². The monoisotopic (exact) mass is 541 g/mol. The van der Waals surface area contributed by atoms with Gasteiger partial charge in [0.15, 0.2) is 5.54 Å². The molecular weight excluding hydrogens is 517 g/mol. The Morgan fingerprint density at radius 3 is 2.30 bits per heavy atom. The van der Waals surface area contributed by atoms with Crippen molar-refractivity contribution >= 4 is 23.5 Å². The standard InChI is InChI=1S/C29H24FN5O5/c30-20-8-4-18(5-9-20)23-17-39-25(32-23)19-6-11-22(12-7-19)40-24-13-10-21(16-31-24)35-15-3-1-2-14-29(35)26(36)33-28(38)34-27(29)37/h4-13,16-17H,1-3,14-15H2,(H2,33,34,36,37,38). The fraction of sp³-hybridized carbons (Fsp3) is 0.207. The molecule has 0 bridgehead atoms. The summed E-state index contributed by atoms with van der Waals surface area (Å²) >= 11 is 0. The summed E-state index contributed by atoms with van der Waals surface area (Å²) in [7, 11) is 0. The van der Waals surface area contributed by atoms with E-state index in [1.807, 2.05) is 0 Å². The Labute approximate surface area is 228 Å². The first kappa shape index (κ1) is 25.2. The van der Waals surface area contributed by atoms with Crippen molar-refractivity contribution in [1.29, 1.82) is 0 Å². The summed E-state index contributed by atoms with van der Waals surface area (Å²) in [5.74, 6) is -0.302. The first-order valence-corrected chi connectivity index (χ1v) is 12.8. The number of carbonyl (C=O) groups excluding carboxylic acids is 3. The molecule has 2 aromatic carbocycles. The van der Waals surface area contributed by atoms with Crippen LogP contribution in [0.15, 0.2) is 77.5 Å². The van der Waals surface area contributed by atoms with Crippen molar-refractivity contribution in [3.8, 4) is 34.3 Å². The lowest BCUT2D eigenvalue weighted by Gasteiger charge is -2.43. The molecule has 4 heterocycles. The summed E-state index contributed by atoms with van der Waals surface area (Å²) in [5, 5.41) is 4.50. The number of hydrogen-bond acceptors (Lipinski definition) is 8. The molecule has 2 aromatic heterocycles. The SMILES string of the molecule is O=C1NC(=O)C2(CCCCCN2c2ccc(Oc3ccc(-c4nc(-c5ccc(F)cc5)co4)cc3)nc2)C(=O)N1. The Balaban J connectivity index is 1.17. The molecule has 4 aromatic rings. The van der Waals surface area contributed by atoms with Crippen molar-refractivity contribution in [2.45, 2.75) is 31.2 Å². The van der Waals surface area contributed by atoms with Gasteiger partial charge in [0.1, 0.15) is 23.5 Å². The van der Waals surface area contributed by atoms with Crippen molar-refractivity contribution in [3.05, 3.63) is 78.9 Å². The topological polar surface area (TPSA) is 127 Å². The highest BCUT2D eigenvalue weighted by molar-refractivity contribution is 6.24. The molecule has 2 fully saturated rings. The van der Waals surface area contributed by atoms with Crippen LogP contribution in [-0.4, -0.2) is 39.9 Å². The summed E-state index contributed by atoms with van der Waals surface area (Å²) < 4.78 is 24.7. The van der Waals surface area contributed by atoms with Gasteiger partial charge in [-0.05, 0) is 73.9 Å². The number of imide groups is 2. The molecule has 2 aliphatic heterocycles. The van der Waals surface area contributed by atoms with Gasteiger partial charge in [0.05, 0.1) is 11.9 Å². The van der Waals surface area contributed by atoms with Gasteiger partial charge in [-0.3, -0.25) is 20.2 Å². The molecule has 0 aliphatic carbocycles. The molecule has 4 amide bonds. The number of ether oxygens (including phenoxy) is 1. The molecule has 2 saturated heterocycles. The Bertz CT molecular complexity index is 1550. The van der Waals surface area contributed by atoms with Gasteiger partial charge < -0.3 is 14.1 Å². The Morgan fingerprint density at radius 2 is 1.60 bits per heavy atom. The lowest BCUT2D eigenvalue weighted by atomic mass is 9.87. The number of aromatic nitrogens is 2.